The van der Waals surface area contributed by atoms with E-state index in [4.69, 9.17) is 10.7 Å². The van der Waals surface area contributed by atoms with Gasteiger partial charge in [-0.2, -0.15) is 0 Å². The lowest BCUT2D eigenvalue weighted by Crippen LogP contribution is -2.47. The molecule has 1 saturated heterocycles. The second-order valence-electron chi connectivity index (χ2n) is 8.17. The van der Waals surface area contributed by atoms with Crippen molar-refractivity contribution in [3.8, 4) is 5.69 Å². The van der Waals surface area contributed by atoms with Crippen LogP contribution in [-0.4, -0.2) is 50.7 Å². The van der Waals surface area contributed by atoms with Crippen molar-refractivity contribution in [2.24, 2.45) is 11.7 Å². The Hall–Kier alpha value is -1.31. The second-order valence-corrected chi connectivity index (χ2v) is 8.17. The molecule has 0 saturated carbocycles. The maximum Gasteiger partial charge on any atom is 0.321 e. The first-order valence-corrected chi connectivity index (χ1v) is 9.84. The molecule has 1 fully saturated rings. The van der Waals surface area contributed by atoms with Gasteiger partial charge < -0.3 is 15.4 Å². The van der Waals surface area contributed by atoms with Crippen molar-refractivity contribution in [1.29, 1.82) is 0 Å². The number of aliphatic carboxylic acids is 1. The van der Waals surface area contributed by atoms with E-state index in [0.717, 1.165) is 42.9 Å². The van der Waals surface area contributed by atoms with E-state index in [2.05, 4.69) is 36.6 Å². The molecule has 3 N–H and O–H groups in total. The number of fused-ring (bicyclic) bond motifs is 3. The average Bonchev–Trinajstić information content (AvgIpc) is 3.25. The fourth-order valence-electron chi connectivity index (χ4n) is 4.77. The van der Waals surface area contributed by atoms with Crippen LogP contribution in [0.2, 0.25) is 0 Å². The van der Waals surface area contributed by atoms with Crippen LogP contribution in [-0.2, 0) is 17.6 Å². The minimum absolute atomic E-state index is 0. The molecular weight excluding hydrogens is 447 g/mol. The lowest BCUT2D eigenvalue weighted by molar-refractivity contribution is -0.144. The Balaban J connectivity index is 0.00000150. The number of rotatable bonds is 5. The van der Waals surface area contributed by atoms with E-state index in [9.17, 15) is 9.90 Å². The highest BCUT2D eigenvalue weighted by Gasteiger charge is 2.41. The van der Waals surface area contributed by atoms with Crippen molar-refractivity contribution in [2.75, 3.05) is 13.1 Å². The van der Waals surface area contributed by atoms with Crippen LogP contribution in [0.1, 0.15) is 43.1 Å². The summed E-state index contributed by atoms with van der Waals surface area (Å²) in [6, 6.07) is 7.85. The van der Waals surface area contributed by atoms with Gasteiger partial charge in [0.05, 0.1) is 12.0 Å². The third kappa shape index (κ3) is 4.78. The predicted molar refractivity (Wildman–Crippen MR) is 126 cm³/mol. The number of aryl methyl sites for hydroxylation is 1. The molecule has 30 heavy (non-hydrogen) atoms. The lowest BCUT2D eigenvalue weighted by atomic mass is 9.82. The number of carboxylic acids is 1. The molecular formula is C21H31Cl3N4O2. The van der Waals surface area contributed by atoms with Gasteiger partial charge in [0.25, 0.3) is 0 Å². The third-order valence-electron chi connectivity index (χ3n) is 6.06. The van der Waals surface area contributed by atoms with Crippen LogP contribution >= 0.6 is 37.2 Å². The maximum absolute atomic E-state index is 12.3. The fraction of sp³-hybridized carbons (Fsp3) is 0.524. The summed E-state index contributed by atoms with van der Waals surface area (Å²) in [5, 5.41) is 10.1. The number of carbonyl (C=O) groups is 1. The predicted octanol–water partition coefficient (Wildman–Crippen LogP) is 3.46. The third-order valence-corrected chi connectivity index (χ3v) is 6.06. The lowest BCUT2D eigenvalue weighted by Gasteiger charge is -2.34. The summed E-state index contributed by atoms with van der Waals surface area (Å²) < 4.78 is 2.15. The van der Waals surface area contributed by atoms with Crippen LogP contribution in [0.5, 0.6) is 0 Å². The Labute approximate surface area is 196 Å². The van der Waals surface area contributed by atoms with Crippen molar-refractivity contribution in [3.63, 3.8) is 0 Å². The largest absolute Gasteiger partial charge is 0.480 e. The highest BCUT2D eigenvalue weighted by molar-refractivity contribution is 5.86. The molecule has 4 rings (SSSR count). The van der Waals surface area contributed by atoms with Gasteiger partial charge in [-0.15, -0.1) is 37.2 Å². The quantitative estimate of drug-likeness (QED) is 0.689. The van der Waals surface area contributed by atoms with Crippen molar-refractivity contribution >= 4 is 43.2 Å². The number of halogens is 3. The highest BCUT2D eigenvalue weighted by Crippen LogP contribution is 2.37. The fourth-order valence-corrected chi connectivity index (χ4v) is 4.77. The first kappa shape index (κ1) is 26.7. The van der Waals surface area contributed by atoms with Gasteiger partial charge in [0, 0.05) is 36.4 Å². The van der Waals surface area contributed by atoms with Gasteiger partial charge in [0.1, 0.15) is 6.04 Å². The average molecular weight is 478 g/mol. The van der Waals surface area contributed by atoms with E-state index in [1.54, 1.807) is 0 Å². The number of benzene rings is 1. The number of nitrogens with two attached hydrogens (primary N) is 1. The van der Waals surface area contributed by atoms with E-state index >= 15 is 0 Å². The summed E-state index contributed by atoms with van der Waals surface area (Å²) in [4.78, 5) is 19.1. The molecule has 1 aromatic carbocycles. The van der Waals surface area contributed by atoms with E-state index in [1.165, 1.54) is 5.56 Å². The van der Waals surface area contributed by atoms with Crippen molar-refractivity contribution in [2.45, 2.75) is 51.1 Å². The SMILES string of the molecule is CC(C)C(c1ncn2c1CCc1ccccc1-2)[C@@H](C(=O)O)N1CC[C@H](N)C1.Cl.Cl.Cl. The molecule has 0 amide bonds. The highest BCUT2D eigenvalue weighted by atomic mass is 35.5. The van der Waals surface area contributed by atoms with E-state index in [0.29, 0.717) is 6.54 Å². The first-order chi connectivity index (χ1) is 13.0. The number of hydrogen-bond donors (Lipinski definition) is 2. The second kappa shape index (κ2) is 10.8. The van der Waals surface area contributed by atoms with Gasteiger partial charge in [-0.3, -0.25) is 9.69 Å². The molecule has 2 aliphatic rings. The summed E-state index contributed by atoms with van der Waals surface area (Å²) in [7, 11) is 0. The summed E-state index contributed by atoms with van der Waals surface area (Å²) in [5.74, 6) is -0.769. The molecule has 0 radical (unpaired) electrons. The normalized spacial score (nSPS) is 19.5. The van der Waals surface area contributed by atoms with Crippen molar-refractivity contribution in [1.82, 2.24) is 14.5 Å². The zero-order chi connectivity index (χ0) is 19.1. The number of carboxylic acid groups (broad SMARTS) is 1. The molecule has 2 aromatic rings. The van der Waals surface area contributed by atoms with Crippen LogP contribution in [0.15, 0.2) is 30.6 Å². The Morgan fingerprint density at radius 1 is 1.20 bits per heavy atom. The van der Waals surface area contributed by atoms with Crippen LogP contribution in [0.3, 0.4) is 0 Å². The van der Waals surface area contributed by atoms with Crippen LogP contribution in [0, 0.1) is 5.92 Å². The van der Waals surface area contributed by atoms with E-state index in [-0.39, 0.29) is 55.1 Å². The van der Waals surface area contributed by atoms with Crippen LogP contribution in [0.25, 0.3) is 5.69 Å². The van der Waals surface area contributed by atoms with Gasteiger partial charge in [0.2, 0.25) is 0 Å². The maximum atomic E-state index is 12.3. The van der Waals surface area contributed by atoms with Gasteiger partial charge in [0.15, 0.2) is 0 Å². The molecule has 9 heteroatoms. The molecule has 3 atom stereocenters. The summed E-state index contributed by atoms with van der Waals surface area (Å²) >= 11 is 0. The van der Waals surface area contributed by atoms with Gasteiger partial charge >= 0.3 is 5.97 Å². The molecule has 0 bridgehead atoms. The number of imidazole rings is 1. The van der Waals surface area contributed by atoms with E-state index in [1.807, 2.05) is 17.3 Å². The van der Waals surface area contributed by atoms with Gasteiger partial charge in [-0.25, -0.2) is 4.98 Å². The topological polar surface area (TPSA) is 84.4 Å². The number of para-hydroxylation sites is 1. The molecule has 3 heterocycles. The van der Waals surface area contributed by atoms with Crippen molar-refractivity contribution in [3.05, 3.63) is 47.5 Å². The van der Waals surface area contributed by atoms with Gasteiger partial charge in [-0.05, 0) is 36.8 Å². The summed E-state index contributed by atoms with van der Waals surface area (Å²) in [6.45, 7) is 5.57. The molecule has 0 spiro atoms. The molecule has 6 nitrogen and oxygen atoms in total. The minimum Gasteiger partial charge on any atom is -0.480 e. The molecule has 2 aliphatic heterocycles. The Kier molecular flexibility index (Phi) is 9.64. The summed E-state index contributed by atoms with van der Waals surface area (Å²) in [5.41, 5.74) is 10.6. The van der Waals surface area contributed by atoms with E-state index < -0.39 is 12.0 Å². The van der Waals surface area contributed by atoms with Crippen LogP contribution < -0.4 is 5.73 Å². The molecule has 1 unspecified atom stereocenters. The number of nitrogens with zero attached hydrogens (tertiary/aromatic N) is 3. The smallest absolute Gasteiger partial charge is 0.321 e. The molecule has 1 aromatic heterocycles. The number of aromatic nitrogens is 2. The Morgan fingerprint density at radius 3 is 2.50 bits per heavy atom. The molecule has 168 valence electrons. The number of hydrogen-bond acceptors (Lipinski definition) is 4. The number of likely N-dealkylation sites (tertiary alicyclic amines) is 1. The zero-order valence-electron chi connectivity index (χ0n) is 17.2. The Bertz CT molecular complexity index is 859. The summed E-state index contributed by atoms with van der Waals surface area (Å²) in [6.07, 6.45) is 4.57. The first-order valence-electron chi connectivity index (χ1n) is 9.84. The molecule has 0 aliphatic carbocycles. The van der Waals surface area contributed by atoms with Crippen molar-refractivity contribution < 1.29 is 9.90 Å². The van der Waals surface area contributed by atoms with Gasteiger partial charge in [-0.1, -0.05) is 32.0 Å². The Morgan fingerprint density at radius 2 is 1.90 bits per heavy atom. The minimum atomic E-state index is -0.777. The monoisotopic (exact) mass is 476 g/mol. The standard InChI is InChI=1S/C21H28N4O2.3ClH/c1-13(2)18(20(21(26)27)24-10-9-15(22)11-24)19-17-8-7-14-5-3-4-6-16(14)25(17)12-23-19;;;/h3-6,12-13,15,18,20H,7-11,22H2,1-2H3,(H,26,27);3*1H/t15-,18?,20-;;;/m0.../s1. The zero-order valence-corrected chi connectivity index (χ0v) is 19.7. The van der Waals surface area contributed by atoms with Crippen LogP contribution in [0.4, 0.5) is 0 Å².